The van der Waals surface area contributed by atoms with Gasteiger partial charge in [-0.3, -0.25) is 9.83 Å². The number of ether oxygens (including phenoxy) is 1. The standard InChI is InChI=1S/C7H19N2O2P.2CH4/c1-5-9-12(4,8-2)11-7-6-10-3;;/h9H,5-7H2,1-4H3;2*1H4. The number of hydrogen-bond donors (Lipinski definition) is 1. The minimum atomic E-state index is -1.68. The van der Waals surface area contributed by atoms with Crippen molar-refractivity contribution in [2.24, 2.45) is 4.74 Å². The number of nitrogens with one attached hydrogen (secondary N) is 1. The van der Waals surface area contributed by atoms with Crippen molar-refractivity contribution in [3.8, 4) is 0 Å². The van der Waals surface area contributed by atoms with Gasteiger partial charge in [-0.15, -0.1) is 0 Å². The lowest BCUT2D eigenvalue weighted by atomic mass is 10.8. The van der Waals surface area contributed by atoms with E-state index < -0.39 is 7.43 Å². The Bertz CT molecular complexity index is 163. The van der Waals surface area contributed by atoms with Crippen molar-refractivity contribution < 1.29 is 9.26 Å². The van der Waals surface area contributed by atoms with Gasteiger partial charge in [-0.25, -0.2) is 0 Å². The SMILES string of the molecule is C.C.CCNP(C)(=NC)OCCOC. The highest BCUT2D eigenvalue weighted by atomic mass is 31.2. The lowest BCUT2D eigenvalue weighted by Crippen LogP contribution is -2.13. The van der Waals surface area contributed by atoms with Crippen LogP contribution in [0.4, 0.5) is 0 Å². The Morgan fingerprint density at radius 3 is 2.21 bits per heavy atom. The summed E-state index contributed by atoms with van der Waals surface area (Å²) in [7, 11) is 1.76. The van der Waals surface area contributed by atoms with Crippen LogP contribution in [0.1, 0.15) is 21.8 Å². The maximum Gasteiger partial charge on any atom is 0.147 e. The van der Waals surface area contributed by atoms with E-state index in [1.54, 1.807) is 14.2 Å². The molecule has 0 aliphatic heterocycles. The van der Waals surface area contributed by atoms with Crippen molar-refractivity contribution in [3.05, 3.63) is 0 Å². The quantitative estimate of drug-likeness (QED) is 0.559. The van der Waals surface area contributed by atoms with E-state index in [-0.39, 0.29) is 14.9 Å². The molecule has 90 valence electrons. The van der Waals surface area contributed by atoms with Gasteiger partial charge in [0.1, 0.15) is 7.43 Å². The molecule has 0 spiro atoms. The molecule has 14 heavy (non-hydrogen) atoms. The highest BCUT2D eigenvalue weighted by Crippen LogP contribution is 2.40. The highest BCUT2D eigenvalue weighted by Gasteiger charge is 2.09. The number of hydrogen-bond acceptors (Lipinski definition) is 3. The minimum Gasteiger partial charge on any atom is -0.382 e. The van der Waals surface area contributed by atoms with E-state index in [1.165, 1.54) is 0 Å². The molecule has 0 saturated heterocycles. The van der Waals surface area contributed by atoms with Crippen molar-refractivity contribution >= 4 is 7.43 Å². The second-order valence-corrected chi connectivity index (χ2v) is 5.15. The predicted molar refractivity (Wildman–Crippen MR) is 66.2 cm³/mol. The Balaban J connectivity index is -0.000000605. The molecule has 0 heterocycles. The van der Waals surface area contributed by atoms with Crippen molar-refractivity contribution in [3.63, 3.8) is 0 Å². The van der Waals surface area contributed by atoms with Gasteiger partial charge in [-0.05, 0) is 6.54 Å². The van der Waals surface area contributed by atoms with E-state index >= 15 is 0 Å². The summed E-state index contributed by atoms with van der Waals surface area (Å²) in [6.45, 7) is 6.16. The molecule has 4 nitrogen and oxygen atoms in total. The Kier molecular flexibility index (Phi) is 15.7. The van der Waals surface area contributed by atoms with E-state index in [1.807, 2.05) is 13.6 Å². The summed E-state index contributed by atoms with van der Waals surface area (Å²) in [5, 5.41) is 3.23. The van der Waals surface area contributed by atoms with Crippen molar-refractivity contribution in [2.75, 3.05) is 40.6 Å². The second kappa shape index (κ2) is 11.2. The molecule has 5 heteroatoms. The average Bonchev–Trinajstić information content (AvgIpc) is 2.06. The molecular formula is C9H27N2O2P. The van der Waals surface area contributed by atoms with Crippen LogP contribution >= 0.6 is 7.43 Å². The summed E-state index contributed by atoms with van der Waals surface area (Å²) in [6, 6.07) is 0. The second-order valence-electron chi connectivity index (χ2n) is 2.42. The smallest absolute Gasteiger partial charge is 0.147 e. The van der Waals surface area contributed by atoms with Crippen LogP contribution in [0.5, 0.6) is 0 Å². The Labute approximate surface area is 89.6 Å². The molecule has 0 aromatic heterocycles. The summed E-state index contributed by atoms with van der Waals surface area (Å²) >= 11 is 0. The van der Waals surface area contributed by atoms with E-state index in [2.05, 4.69) is 9.83 Å². The minimum absolute atomic E-state index is 0. The molecule has 1 N–H and O–H groups in total. The Hall–Kier alpha value is 0.110. The highest BCUT2D eigenvalue weighted by molar-refractivity contribution is 7.58. The van der Waals surface area contributed by atoms with Crippen LogP contribution in [0, 0.1) is 0 Å². The summed E-state index contributed by atoms with van der Waals surface area (Å²) in [6.07, 6.45) is 0. The monoisotopic (exact) mass is 226 g/mol. The molecule has 0 aliphatic carbocycles. The first-order valence-electron chi connectivity index (χ1n) is 4.05. The number of nitrogens with zero attached hydrogens (tertiary/aromatic N) is 1. The Morgan fingerprint density at radius 1 is 1.29 bits per heavy atom. The fraction of sp³-hybridized carbons (Fsp3) is 1.00. The Morgan fingerprint density at radius 2 is 1.86 bits per heavy atom. The maximum atomic E-state index is 5.57. The summed E-state index contributed by atoms with van der Waals surface area (Å²) in [4.78, 5) is 0. The first kappa shape index (κ1) is 19.6. The largest absolute Gasteiger partial charge is 0.382 e. The van der Waals surface area contributed by atoms with Gasteiger partial charge >= 0.3 is 0 Å². The molecule has 0 amide bonds. The fourth-order valence-electron chi connectivity index (χ4n) is 0.766. The van der Waals surface area contributed by atoms with Crippen LogP contribution in [-0.4, -0.2) is 40.6 Å². The molecule has 0 aromatic carbocycles. The molecule has 0 rings (SSSR count). The third-order valence-corrected chi connectivity index (χ3v) is 3.81. The normalized spacial score (nSPS) is 13.4. The topological polar surface area (TPSA) is 42.9 Å². The van der Waals surface area contributed by atoms with Crippen LogP contribution in [0.25, 0.3) is 0 Å². The van der Waals surface area contributed by atoms with E-state index in [0.29, 0.717) is 13.2 Å². The van der Waals surface area contributed by atoms with E-state index in [0.717, 1.165) is 6.54 Å². The van der Waals surface area contributed by atoms with Crippen molar-refractivity contribution in [1.29, 1.82) is 0 Å². The van der Waals surface area contributed by atoms with Gasteiger partial charge in [-0.2, -0.15) is 0 Å². The molecule has 0 fully saturated rings. The summed E-state index contributed by atoms with van der Waals surface area (Å²) in [5.41, 5.74) is 0. The van der Waals surface area contributed by atoms with Gasteiger partial charge in [0, 0.05) is 20.8 Å². The number of rotatable bonds is 6. The fourth-order valence-corrected chi connectivity index (χ4v) is 2.13. The maximum absolute atomic E-state index is 5.57. The van der Waals surface area contributed by atoms with E-state index in [9.17, 15) is 0 Å². The molecular weight excluding hydrogens is 199 g/mol. The lowest BCUT2D eigenvalue weighted by Gasteiger charge is -2.19. The summed E-state index contributed by atoms with van der Waals surface area (Å²) in [5.74, 6) is 0. The zero-order valence-electron chi connectivity index (χ0n) is 8.33. The van der Waals surface area contributed by atoms with Crippen molar-refractivity contribution in [2.45, 2.75) is 21.8 Å². The van der Waals surface area contributed by atoms with Crippen molar-refractivity contribution in [1.82, 2.24) is 5.09 Å². The van der Waals surface area contributed by atoms with E-state index in [4.69, 9.17) is 9.26 Å². The summed E-state index contributed by atoms with van der Waals surface area (Å²) < 4.78 is 14.7. The molecule has 0 radical (unpaired) electrons. The molecule has 0 aliphatic rings. The molecule has 1 unspecified atom stereocenters. The number of methoxy groups -OCH3 is 1. The zero-order valence-corrected chi connectivity index (χ0v) is 9.23. The van der Waals surface area contributed by atoms with Gasteiger partial charge in [-0.1, -0.05) is 21.8 Å². The van der Waals surface area contributed by atoms with Crippen LogP contribution < -0.4 is 5.09 Å². The first-order valence-corrected chi connectivity index (χ1v) is 6.15. The molecule has 0 bridgehead atoms. The van der Waals surface area contributed by atoms with Gasteiger partial charge in [0.05, 0.1) is 13.2 Å². The van der Waals surface area contributed by atoms with Gasteiger partial charge in [0.25, 0.3) is 0 Å². The van der Waals surface area contributed by atoms with Gasteiger partial charge in [0.2, 0.25) is 0 Å². The zero-order chi connectivity index (χ0) is 9.45. The van der Waals surface area contributed by atoms with Crippen LogP contribution in [0.15, 0.2) is 4.74 Å². The third-order valence-electron chi connectivity index (χ3n) is 1.46. The molecule has 0 saturated carbocycles. The first-order chi connectivity index (χ1) is 5.68. The van der Waals surface area contributed by atoms with Crippen LogP contribution in [0.3, 0.4) is 0 Å². The molecule has 0 aromatic rings. The van der Waals surface area contributed by atoms with Crippen LogP contribution in [-0.2, 0) is 9.26 Å². The predicted octanol–water partition coefficient (Wildman–Crippen LogP) is 2.82. The van der Waals surface area contributed by atoms with Crippen LogP contribution in [0.2, 0.25) is 0 Å². The average molecular weight is 226 g/mol. The van der Waals surface area contributed by atoms with Gasteiger partial charge in [0.15, 0.2) is 0 Å². The third kappa shape index (κ3) is 8.70. The van der Waals surface area contributed by atoms with Gasteiger partial charge < -0.3 is 9.26 Å². The lowest BCUT2D eigenvalue weighted by molar-refractivity contribution is 0.151. The molecule has 1 atom stereocenters.